The highest BCUT2D eigenvalue weighted by atomic mass is 16.7. The van der Waals surface area contributed by atoms with E-state index in [2.05, 4.69) is 15.6 Å². The smallest absolute Gasteiger partial charge is 0.408 e. The van der Waals surface area contributed by atoms with Gasteiger partial charge in [0, 0.05) is 19.8 Å². The van der Waals surface area contributed by atoms with Crippen LogP contribution >= 0.6 is 0 Å². The maximum absolute atomic E-state index is 13.1. The molecule has 0 radical (unpaired) electrons. The number of nitrogens with zero attached hydrogens (tertiary/aromatic N) is 1. The Balaban J connectivity index is 2.85. The monoisotopic (exact) mass is 579 g/mol. The van der Waals surface area contributed by atoms with Gasteiger partial charge in [0.2, 0.25) is 11.8 Å². The van der Waals surface area contributed by atoms with Gasteiger partial charge in [0.15, 0.2) is 13.7 Å². The molecule has 7 N–H and O–H groups in total. The molecule has 0 aliphatic carbocycles. The molecule has 232 valence electrons. The molecule has 0 heterocycles. The SMILES string of the molecule is [2H]N(CC(=O)N[C@@H](CCCN=C(N)N)C(OCCCC)OCCCC)C(=O)[C@H](NC(=O)OCc1ccccc1)C(C)C. The van der Waals surface area contributed by atoms with Crippen molar-refractivity contribution < 1.29 is 30.0 Å². The van der Waals surface area contributed by atoms with Crippen molar-refractivity contribution in [3.63, 3.8) is 0 Å². The summed E-state index contributed by atoms with van der Waals surface area (Å²) < 4.78 is 25.5. The van der Waals surface area contributed by atoms with E-state index >= 15 is 0 Å². The number of hydrogen-bond donors (Lipinski definition) is 5. The molecular formula is C29H50N6O6. The molecule has 0 aliphatic rings. The first-order chi connectivity index (χ1) is 20.1. The van der Waals surface area contributed by atoms with Crippen LogP contribution in [0.15, 0.2) is 35.3 Å². The number of amides is 3. The molecule has 0 spiro atoms. The first-order valence-electron chi connectivity index (χ1n) is 14.9. The molecule has 12 nitrogen and oxygen atoms in total. The molecule has 1 rings (SSSR count). The van der Waals surface area contributed by atoms with Gasteiger partial charge < -0.3 is 41.6 Å². The van der Waals surface area contributed by atoms with Gasteiger partial charge >= 0.3 is 6.09 Å². The lowest BCUT2D eigenvalue weighted by Crippen LogP contribution is -2.53. The third kappa shape index (κ3) is 16.5. The van der Waals surface area contributed by atoms with E-state index < -0.39 is 42.8 Å². The van der Waals surface area contributed by atoms with Crippen molar-refractivity contribution in [3.05, 3.63) is 35.9 Å². The second-order valence-electron chi connectivity index (χ2n) is 10.0. The number of carbonyl (C=O) groups excluding carboxylic acids is 3. The number of guanidine groups is 1. The molecule has 0 fully saturated rings. The summed E-state index contributed by atoms with van der Waals surface area (Å²) in [4.78, 5) is 42.5. The van der Waals surface area contributed by atoms with E-state index in [1.54, 1.807) is 13.8 Å². The number of nitrogens with one attached hydrogen (secondary N) is 3. The van der Waals surface area contributed by atoms with E-state index in [1.165, 1.54) is 0 Å². The molecule has 0 saturated heterocycles. The van der Waals surface area contributed by atoms with Crippen molar-refractivity contribution in [1.82, 2.24) is 15.9 Å². The average molecular weight is 580 g/mol. The quantitative estimate of drug-likeness (QED) is 0.0638. The molecule has 3 amide bonds. The number of aliphatic imine (C=N–C) groups is 1. The van der Waals surface area contributed by atoms with Gasteiger partial charge in [0.1, 0.15) is 12.6 Å². The van der Waals surface area contributed by atoms with E-state index in [0.29, 0.717) is 37.9 Å². The Kier molecular flexibility index (Phi) is 17.6. The summed E-state index contributed by atoms with van der Waals surface area (Å²) in [5.41, 5.74) is 11.7. The third-order valence-corrected chi connectivity index (χ3v) is 6.00. The fraction of sp³-hybridized carbons (Fsp3) is 0.655. The molecule has 0 unspecified atom stereocenters. The standard InChI is InChI=1S/C29H50N6O6/c1-5-7-17-39-27(40-18-8-6-2)23(15-12-16-32-28(30)31)34-24(36)19-33-26(37)25(21(3)4)35-29(38)41-20-22-13-10-9-11-14-22/h9-11,13-14,21,23,25,27H,5-8,12,15-20H2,1-4H3,(H,33,37)(H,34,36)(H,35,38)(H4,30,31,32)/t23-,25+/m0/s1/i/hD. The van der Waals surface area contributed by atoms with E-state index in [-0.39, 0.29) is 18.5 Å². The third-order valence-electron chi connectivity index (χ3n) is 6.00. The summed E-state index contributed by atoms with van der Waals surface area (Å²) in [5.74, 6) is -1.69. The van der Waals surface area contributed by atoms with Crippen LogP contribution in [0.2, 0.25) is 1.41 Å². The fourth-order valence-corrected chi connectivity index (χ4v) is 3.67. The van der Waals surface area contributed by atoms with E-state index in [1.807, 2.05) is 44.2 Å². The van der Waals surface area contributed by atoms with Crippen LogP contribution in [0.4, 0.5) is 4.79 Å². The number of hydrogen-bond acceptors (Lipinski definition) is 7. The van der Waals surface area contributed by atoms with Crippen LogP contribution < -0.4 is 27.4 Å². The lowest BCUT2D eigenvalue weighted by molar-refractivity contribution is -0.165. The number of benzene rings is 1. The highest BCUT2D eigenvalue weighted by Gasteiger charge is 2.27. The Bertz CT molecular complexity index is 938. The number of carbonyl (C=O) groups is 3. The van der Waals surface area contributed by atoms with Crippen LogP contribution in [0.5, 0.6) is 0 Å². The fourth-order valence-electron chi connectivity index (χ4n) is 3.67. The minimum Gasteiger partial charge on any atom is -0.445 e. The van der Waals surface area contributed by atoms with E-state index in [0.717, 1.165) is 31.2 Å². The van der Waals surface area contributed by atoms with Gasteiger partial charge in [-0.25, -0.2) is 4.79 Å². The number of rotatable bonds is 21. The molecule has 0 bridgehead atoms. The topological polar surface area (TPSA) is 179 Å². The largest absolute Gasteiger partial charge is 0.445 e. The predicted molar refractivity (Wildman–Crippen MR) is 159 cm³/mol. The van der Waals surface area contributed by atoms with Crippen molar-refractivity contribution in [3.8, 4) is 0 Å². The second kappa shape index (κ2) is 21.4. The zero-order valence-corrected chi connectivity index (χ0v) is 25.0. The second-order valence-corrected chi connectivity index (χ2v) is 10.0. The Labute approximate surface area is 245 Å². The maximum Gasteiger partial charge on any atom is 0.408 e. The molecule has 2 atom stereocenters. The number of alkyl carbamates (subject to hydrolysis) is 1. The summed E-state index contributed by atoms with van der Waals surface area (Å²) in [6.45, 7) is 8.31. The van der Waals surface area contributed by atoms with Crippen molar-refractivity contribution in [1.29, 1.82) is 0 Å². The molecular weight excluding hydrogens is 528 g/mol. The van der Waals surface area contributed by atoms with Crippen molar-refractivity contribution in [2.75, 3.05) is 26.3 Å². The zero-order chi connectivity index (χ0) is 31.3. The van der Waals surface area contributed by atoms with E-state index in [9.17, 15) is 14.4 Å². The normalized spacial score (nSPS) is 12.8. The summed E-state index contributed by atoms with van der Waals surface area (Å²) in [6.07, 6.45) is 3.01. The molecule has 41 heavy (non-hydrogen) atoms. The Morgan fingerprint density at radius 3 is 2.17 bits per heavy atom. The Morgan fingerprint density at radius 2 is 1.61 bits per heavy atom. The van der Waals surface area contributed by atoms with Crippen LogP contribution in [0.3, 0.4) is 0 Å². The van der Waals surface area contributed by atoms with Crippen molar-refractivity contribution in [2.45, 2.75) is 91.2 Å². The highest BCUT2D eigenvalue weighted by molar-refractivity contribution is 5.89. The van der Waals surface area contributed by atoms with Gasteiger partial charge in [0.05, 0.1) is 12.6 Å². The van der Waals surface area contributed by atoms with Crippen LogP contribution in [0.25, 0.3) is 0 Å². The average Bonchev–Trinajstić information content (AvgIpc) is 2.95. The van der Waals surface area contributed by atoms with Crippen molar-refractivity contribution in [2.24, 2.45) is 22.4 Å². The number of nitrogens with two attached hydrogens (primary N) is 2. The highest BCUT2D eigenvalue weighted by Crippen LogP contribution is 2.12. The zero-order valence-electron chi connectivity index (χ0n) is 26.0. The first kappa shape index (κ1) is 33.8. The minimum absolute atomic E-state index is 0.0221. The molecule has 1 aromatic rings. The number of ether oxygens (including phenoxy) is 3. The van der Waals surface area contributed by atoms with Crippen LogP contribution in [0.1, 0.15) is 71.8 Å². The lowest BCUT2D eigenvalue weighted by atomic mass is 10.0. The van der Waals surface area contributed by atoms with Gasteiger partial charge in [-0.3, -0.25) is 14.6 Å². The maximum atomic E-state index is 13.1. The van der Waals surface area contributed by atoms with Crippen LogP contribution in [0, 0.1) is 5.92 Å². The summed E-state index contributed by atoms with van der Waals surface area (Å²) >= 11 is 0. The minimum atomic E-state index is -1.06. The number of unbranched alkanes of at least 4 members (excludes halogenated alkanes) is 2. The molecule has 0 aromatic heterocycles. The first-order valence-corrected chi connectivity index (χ1v) is 14.4. The van der Waals surface area contributed by atoms with Gasteiger partial charge in [-0.1, -0.05) is 70.9 Å². The van der Waals surface area contributed by atoms with Gasteiger partial charge in [0.25, 0.3) is 0 Å². The van der Waals surface area contributed by atoms with Crippen molar-refractivity contribution >= 4 is 23.9 Å². The van der Waals surface area contributed by atoms with Gasteiger partial charge in [-0.2, -0.15) is 0 Å². The Hall–Kier alpha value is -3.38. The lowest BCUT2D eigenvalue weighted by Gasteiger charge is -2.28. The van der Waals surface area contributed by atoms with Gasteiger partial charge in [-0.15, -0.1) is 0 Å². The van der Waals surface area contributed by atoms with Crippen LogP contribution in [-0.2, 0) is 30.4 Å². The van der Waals surface area contributed by atoms with Gasteiger partial charge in [-0.05, 0) is 37.2 Å². The summed E-state index contributed by atoms with van der Waals surface area (Å²) in [6, 6.07) is 7.50. The van der Waals surface area contributed by atoms with E-state index in [4.69, 9.17) is 27.1 Å². The molecule has 0 saturated carbocycles. The van der Waals surface area contributed by atoms with Crippen LogP contribution in [-0.4, -0.2) is 68.5 Å². The summed E-state index contributed by atoms with van der Waals surface area (Å²) in [7, 11) is 0. The molecule has 12 heteroatoms. The molecule has 1 aromatic carbocycles. The summed E-state index contributed by atoms with van der Waals surface area (Å²) in [5, 5.41) is 5.93. The predicted octanol–water partition coefficient (Wildman–Crippen LogP) is 2.55. The Morgan fingerprint density at radius 1 is 0.976 bits per heavy atom. The molecule has 0 aliphatic heterocycles.